The van der Waals surface area contributed by atoms with E-state index in [0.29, 0.717) is 18.3 Å². The molecule has 0 unspecified atom stereocenters. The van der Waals surface area contributed by atoms with E-state index in [4.69, 9.17) is 4.74 Å². The highest BCUT2D eigenvalue weighted by Gasteiger charge is 2.23. The van der Waals surface area contributed by atoms with Gasteiger partial charge < -0.3 is 9.47 Å². The number of hydrogen-bond acceptors (Lipinski definition) is 2. The van der Waals surface area contributed by atoms with E-state index in [1.54, 1.807) is 6.07 Å². The Labute approximate surface area is 153 Å². The second-order valence-electron chi connectivity index (χ2n) is 7.24. The van der Waals surface area contributed by atoms with Crippen molar-refractivity contribution in [2.24, 2.45) is 5.92 Å². The molecule has 1 aliphatic carbocycles. The van der Waals surface area contributed by atoms with E-state index in [-0.39, 0.29) is 11.7 Å². The topological polar surface area (TPSA) is 32.6 Å². The normalized spacial score (nSPS) is 15.2. The summed E-state index contributed by atoms with van der Waals surface area (Å²) in [6.45, 7) is 4.03. The zero-order chi connectivity index (χ0) is 18.7. The molecular weight excluding hydrogens is 336 g/mol. The molecule has 0 spiro atoms. The number of rotatable bonds is 8. The van der Waals surface area contributed by atoms with Crippen LogP contribution in [0.15, 0.2) is 30.6 Å². The van der Waals surface area contributed by atoms with E-state index in [1.165, 1.54) is 16.7 Å². The summed E-state index contributed by atoms with van der Waals surface area (Å²) in [5, 5.41) is 0. The lowest BCUT2D eigenvalue weighted by molar-refractivity contribution is -0.379. The number of ether oxygens (including phenoxy) is 2. The van der Waals surface area contributed by atoms with Crippen LogP contribution in [0.3, 0.4) is 0 Å². The van der Waals surface area contributed by atoms with Crippen LogP contribution in [-0.4, -0.2) is 13.2 Å². The maximum Gasteiger partial charge on any atom is 0.387 e. The molecule has 3 rings (SSSR count). The van der Waals surface area contributed by atoms with E-state index in [1.807, 2.05) is 24.5 Å². The van der Waals surface area contributed by atoms with Crippen LogP contribution in [0, 0.1) is 19.8 Å². The average molecular weight is 362 g/mol. The molecule has 3 nitrogen and oxygen atoms in total. The fourth-order valence-electron chi connectivity index (χ4n) is 3.15. The Morgan fingerprint density at radius 1 is 1.12 bits per heavy atom. The Bertz CT molecular complexity index is 739. The van der Waals surface area contributed by atoms with Crippen molar-refractivity contribution in [2.75, 3.05) is 6.61 Å². The first-order valence-corrected chi connectivity index (χ1v) is 9.11. The molecular formula is C21H26F2NO2+. The second-order valence-corrected chi connectivity index (χ2v) is 7.24. The maximum atomic E-state index is 12.7. The number of pyridine rings is 1. The van der Waals surface area contributed by atoms with Gasteiger partial charge in [-0.1, -0.05) is 13.0 Å². The Kier molecular flexibility index (Phi) is 5.74. The molecule has 1 aliphatic rings. The predicted molar refractivity (Wildman–Crippen MR) is 95.9 cm³/mol. The summed E-state index contributed by atoms with van der Waals surface area (Å²) >= 11 is 0. The number of halogens is 2. The Morgan fingerprint density at radius 3 is 2.42 bits per heavy atom. The van der Waals surface area contributed by atoms with Crippen molar-refractivity contribution < 1.29 is 23.2 Å². The highest BCUT2D eigenvalue weighted by Crippen LogP contribution is 2.36. The van der Waals surface area contributed by atoms with Crippen LogP contribution in [0.4, 0.5) is 8.78 Å². The van der Waals surface area contributed by atoms with E-state index < -0.39 is 6.61 Å². The van der Waals surface area contributed by atoms with Crippen molar-refractivity contribution in [1.29, 1.82) is 0 Å². The van der Waals surface area contributed by atoms with Crippen LogP contribution >= 0.6 is 0 Å². The SMILES string of the molecule is Cc1c[nH+]cc(C)c1C[C@H](C)c1ccc(OC(F)F)c(OCC2CC2)c1. The fourth-order valence-corrected chi connectivity index (χ4v) is 3.15. The van der Waals surface area contributed by atoms with Gasteiger partial charge in [0.15, 0.2) is 23.9 Å². The lowest BCUT2D eigenvalue weighted by atomic mass is 9.90. The first-order chi connectivity index (χ1) is 12.4. The number of hydrogen-bond donors (Lipinski definition) is 0. The predicted octanol–water partition coefficient (Wildman–Crippen LogP) is 4.85. The molecule has 0 aliphatic heterocycles. The van der Waals surface area contributed by atoms with Crippen LogP contribution < -0.4 is 14.5 Å². The van der Waals surface area contributed by atoms with Crippen molar-refractivity contribution in [3.05, 3.63) is 52.8 Å². The molecule has 2 aromatic rings. The first-order valence-electron chi connectivity index (χ1n) is 9.11. The van der Waals surface area contributed by atoms with Crippen molar-refractivity contribution in [2.45, 2.75) is 52.6 Å². The molecule has 1 atom stereocenters. The molecule has 1 aromatic carbocycles. The van der Waals surface area contributed by atoms with Crippen molar-refractivity contribution >= 4 is 0 Å². The molecule has 1 saturated carbocycles. The van der Waals surface area contributed by atoms with Crippen LogP contribution in [-0.2, 0) is 6.42 Å². The molecule has 140 valence electrons. The molecule has 1 aromatic heterocycles. The summed E-state index contributed by atoms with van der Waals surface area (Å²) in [5.74, 6) is 1.30. The van der Waals surface area contributed by atoms with Gasteiger partial charge in [0.2, 0.25) is 0 Å². The van der Waals surface area contributed by atoms with Gasteiger partial charge in [0.25, 0.3) is 0 Å². The molecule has 1 N–H and O–H groups in total. The van der Waals surface area contributed by atoms with Crippen molar-refractivity contribution in [1.82, 2.24) is 0 Å². The lowest BCUT2D eigenvalue weighted by Gasteiger charge is -2.18. The second kappa shape index (κ2) is 8.02. The molecule has 0 amide bonds. The zero-order valence-electron chi connectivity index (χ0n) is 15.5. The van der Waals surface area contributed by atoms with Crippen molar-refractivity contribution in [3.63, 3.8) is 0 Å². The van der Waals surface area contributed by atoms with Crippen LogP contribution in [0.2, 0.25) is 0 Å². The molecule has 1 fully saturated rings. The van der Waals surface area contributed by atoms with Gasteiger partial charge in [-0.05, 0) is 68.2 Å². The number of benzene rings is 1. The summed E-state index contributed by atoms with van der Waals surface area (Å²) in [7, 11) is 0. The van der Waals surface area contributed by atoms with Gasteiger partial charge in [0, 0.05) is 11.1 Å². The quantitative estimate of drug-likeness (QED) is 0.672. The van der Waals surface area contributed by atoms with Crippen LogP contribution in [0.1, 0.15) is 47.9 Å². The molecule has 0 bridgehead atoms. The van der Waals surface area contributed by atoms with E-state index in [2.05, 4.69) is 30.5 Å². The maximum absolute atomic E-state index is 12.7. The summed E-state index contributed by atoms with van der Waals surface area (Å²) in [6.07, 6.45) is 7.16. The number of nitrogens with one attached hydrogen (secondary N) is 1. The zero-order valence-corrected chi connectivity index (χ0v) is 15.5. The van der Waals surface area contributed by atoms with Crippen molar-refractivity contribution in [3.8, 4) is 11.5 Å². The lowest BCUT2D eigenvalue weighted by Crippen LogP contribution is -2.10. The Balaban J connectivity index is 1.80. The standard InChI is InChI=1S/C21H25F2NO2/c1-13(8-18-14(2)10-24-11-15(18)3)17-6-7-19(26-21(22)23)20(9-17)25-12-16-4-5-16/h6-7,9-11,13,16,21H,4-5,8,12H2,1-3H3/p+1/t13-/m0/s1. The molecule has 5 heteroatoms. The van der Waals surface area contributed by atoms with Gasteiger partial charge in [-0.3, -0.25) is 0 Å². The van der Waals surface area contributed by atoms with Crippen LogP contribution in [0.25, 0.3) is 0 Å². The monoisotopic (exact) mass is 362 g/mol. The van der Waals surface area contributed by atoms with Gasteiger partial charge in [0.05, 0.1) is 6.61 Å². The third-order valence-electron chi connectivity index (χ3n) is 4.99. The number of aryl methyl sites for hydroxylation is 2. The Morgan fingerprint density at radius 2 is 1.81 bits per heavy atom. The minimum atomic E-state index is -2.85. The smallest absolute Gasteiger partial charge is 0.387 e. The van der Waals surface area contributed by atoms with Crippen LogP contribution in [0.5, 0.6) is 11.5 Å². The Hall–Kier alpha value is -2.17. The highest BCUT2D eigenvalue weighted by molar-refractivity contribution is 5.44. The van der Waals surface area contributed by atoms with Gasteiger partial charge >= 0.3 is 6.61 Å². The summed E-state index contributed by atoms with van der Waals surface area (Å²) < 4.78 is 35.7. The molecule has 0 saturated heterocycles. The third-order valence-corrected chi connectivity index (χ3v) is 4.99. The minimum Gasteiger partial charge on any atom is -0.489 e. The number of aromatic amines is 1. The van der Waals surface area contributed by atoms with Gasteiger partial charge in [-0.25, -0.2) is 4.98 Å². The van der Waals surface area contributed by atoms with E-state index in [0.717, 1.165) is 24.8 Å². The number of aromatic nitrogens is 1. The fraction of sp³-hybridized carbons (Fsp3) is 0.476. The largest absolute Gasteiger partial charge is 0.489 e. The first kappa shape index (κ1) is 18.6. The average Bonchev–Trinajstić information content (AvgIpc) is 3.41. The highest BCUT2D eigenvalue weighted by atomic mass is 19.3. The summed E-state index contributed by atoms with van der Waals surface area (Å²) in [6, 6.07) is 5.30. The third kappa shape index (κ3) is 4.71. The summed E-state index contributed by atoms with van der Waals surface area (Å²) in [4.78, 5) is 3.14. The van der Waals surface area contributed by atoms with Gasteiger partial charge in [-0.2, -0.15) is 8.78 Å². The van der Waals surface area contributed by atoms with Gasteiger partial charge in [-0.15, -0.1) is 0 Å². The summed E-state index contributed by atoms with van der Waals surface area (Å²) in [5.41, 5.74) is 4.81. The van der Waals surface area contributed by atoms with E-state index in [9.17, 15) is 8.78 Å². The number of H-pyrrole nitrogens is 1. The number of alkyl halides is 2. The van der Waals surface area contributed by atoms with E-state index >= 15 is 0 Å². The molecule has 26 heavy (non-hydrogen) atoms. The molecule has 0 radical (unpaired) electrons. The molecule has 1 heterocycles. The minimum absolute atomic E-state index is 0.110. The van der Waals surface area contributed by atoms with Gasteiger partial charge in [0.1, 0.15) is 0 Å².